The van der Waals surface area contributed by atoms with Crippen molar-refractivity contribution in [2.75, 3.05) is 51.4 Å². The summed E-state index contributed by atoms with van der Waals surface area (Å²) < 4.78 is 10.0. The summed E-state index contributed by atoms with van der Waals surface area (Å²) in [6.07, 6.45) is 1.68. The highest BCUT2D eigenvalue weighted by Crippen LogP contribution is 2.21. The van der Waals surface area contributed by atoms with Crippen LogP contribution in [0.5, 0.6) is 0 Å². The number of anilines is 1. The van der Waals surface area contributed by atoms with Gasteiger partial charge in [0.1, 0.15) is 0 Å². The first-order valence-corrected chi connectivity index (χ1v) is 8.49. The van der Waals surface area contributed by atoms with E-state index in [1.54, 1.807) is 12.1 Å². The molecule has 0 spiro atoms. The summed E-state index contributed by atoms with van der Waals surface area (Å²) in [6.45, 7) is 4.51. The number of carbonyl (C=O) groups is 2. The van der Waals surface area contributed by atoms with Crippen molar-refractivity contribution in [2.24, 2.45) is 5.92 Å². The average Bonchev–Trinajstić information content (AvgIpc) is 2.68. The van der Waals surface area contributed by atoms with Crippen LogP contribution in [0, 0.1) is 5.92 Å². The third-order valence-electron chi connectivity index (χ3n) is 4.82. The van der Waals surface area contributed by atoms with E-state index in [0.717, 1.165) is 44.7 Å². The van der Waals surface area contributed by atoms with Gasteiger partial charge < -0.3 is 19.3 Å². The Balaban J connectivity index is 1.54. The predicted octanol–water partition coefficient (Wildman–Crippen LogP) is 1.55. The first kappa shape index (κ1) is 16.8. The molecule has 1 aromatic carbocycles. The van der Waals surface area contributed by atoms with Gasteiger partial charge in [-0.3, -0.25) is 4.79 Å². The predicted molar refractivity (Wildman–Crippen MR) is 90.1 cm³/mol. The van der Waals surface area contributed by atoms with E-state index in [9.17, 15) is 9.59 Å². The van der Waals surface area contributed by atoms with Crippen LogP contribution in [0.1, 0.15) is 23.2 Å². The number of hydrogen-bond acceptors (Lipinski definition) is 5. The Morgan fingerprint density at radius 1 is 1.04 bits per heavy atom. The van der Waals surface area contributed by atoms with E-state index in [1.165, 1.54) is 7.11 Å². The van der Waals surface area contributed by atoms with Crippen LogP contribution in [0.4, 0.5) is 5.69 Å². The van der Waals surface area contributed by atoms with Gasteiger partial charge in [-0.15, -0.1) is 0 Å². The molecular weight excluding hydrogens is 308 g/mol. The second kappa shape index (κ2) is 7.66. The maximum absolute atomic E-state index is 12.5. The first-order chi connectivity index (χ1) is 11.7. The molecule has 0 bridgehead atoms. The van der Waals surface area contributed by atoms with Crippen molar-refractivity contribution in [1.29, 1.82) is 0 Å². The van der Waals surface area contributed by atoms with Crippen LogP contribution in [-0.2, 0) is 14.3 Å². The average molecular weight is 332 g/mol. The summed E-state index contributed by atoms with van der Waals surface area (Å²) in [5.74, 6) is 0.0806. The molecule has 0 N–H and O–H groups in total. The topological polar surface area (TPSA) is 59.1 Å². The second-order valence-electron chi connectivity index (χ2n) is 6.24. The minimum atomic E-state index is -0.326. The molecule has 6 heteroatoms. The van der Waals surface area contributed by atoms with E-state index in [1.807, 2.05) is 17.0 Å². The van der Waals surface area contributed by atoms with Crippen molar-refractivity contribution in [3.05, 3.63) is 29.8 Å². The Morgan fingerprint density at radius 2 is 1.67 bits per heavy atom. The van der Waals surface area contributed by atoms with Gasteiger partial charge in [-0.25, -0.2) is 4.79 Å². The fourth-order valence-corrected chi connectivity index (χ4v) is 3.31. The number of rotatable bonds is 3. The van der Waals surface area contributed by atoms with Gasteiger partial charge >= 0.3 is 5.97 Å². The molecule has 1 aromatic rings. The number of methoxy groups -OCH3 is 1. The lowest BCUT2D eigenvalue weighted by atomic mass is 9.98. The highest BCUT2D eigenvalue weighted by Gasteiger charge is 2.28. The number of nitrogens with zero attached hydrogens (tertiary/aromatic N) is 2. The maximum Gasteiger partial charge on any atom is 0.337 e. The largest absolute Gasteiger partial charge is 0.465 e. The van der Waals surface area contributed by atoms with Gasteiger partial charge in [0, 0.05) is 51.0 Å². The summed E-state index contributed by atoms with van der Waals surface area (Å²) >= 11 is 0. The minimum Gasteiger partial charge on any atom is -0.465 e. The van der Waals surface area contributed by atoms with E-state index in [2.05, 4.69) is 4.90 Å². The molecule has 3 rings (SSSR count). The molecule has 0 unspecified atom stereocenters. The highest BCUT2D eigenvalue weighted by atomic mass is 16.5. The van der Waals surface area contributed by atoms with Crippen LogP contribution in [-0.4, -0.2) is 63.3 Å². The third-order valence-corrected chi connectivity index (χ3v) is 4.82. The smallest absolute Gasteiger partial charge is 0.337 e. The van der Waals surface area contributed by atoms with E-state index < -0.39 is 0 Å². The van der Waals surface area contributed by atoms with Crippen LogP contribution in [0.25, 0.3) is 0 Å². The van der Waals surface area contributed by atoms with Gasteiger partial charge in [-0.05, 0) is 37.1 Å². The number of ether oxygens (including phenoxy) is 2. The number of benzene rings is 1. The normalized spacial score (nSPS) is 19.2. The van der Waals surface area contributed by atoms with Crippen LogP contribution in [0.2, 0.25) is 0 Å². The summed E-state index contributed by atoms with van der Waals surface area (Å²) in [7, 11) is 1.38. The monoisotopic (exact) mass is 332 g/mol. The van der Waals surface area contributed by atoms with Gasteiger partial charge in [0.15, 0.2) is 0 Å². The molecule has 0 aromatic heterocycles. The zero-order valence-corrected chi connectivity index (χ0v) is 14.1. The molecule has 2 aliphatic heterocycles. The SMILES string of the molecule is COC(=O)c1ccc(N2CCN(C(=O)C3CCOCC3)CC2)cc1. The summed E-state index contributed by atoms with van der Waals surface area (Å²) in [5, 5.41) is 0. The third kappa shape index (κ3) is 3.70. The van der Waals surface area contributed by atoms with Gasteiger partial charge in [0.2, 0.25) is 5.91 Å². The van der Waals surface area contributed by atoms with E-state index in [-0.39, 0.29) is 17.8 Å². The van der Waals surface area contributed by atoms with Crippen LogP contribution in [0.15, 0.2) is 24.3 Å². The maximum atomic E-state index is 12.5. The van der Waals surface area contributed by atoms with Gasteiger partial charge in [-0.2, -0.15) is 0 Å². The fraction of sp³-hybridized carbons (Fsp3) is 0.556. The fourth-order valence-electron chi connectivity index (χ4n) is 3.31. The number of esters is 1. The first-order valence-electron chi connectivity index (χ1n) is 8.49. The molecule has 2 aliphatic rings. The summed E-state index contributed by atoms with van der Waals surface area (Å²) in [5.41, 5.74) is 1.62. The molecule has 0 aliphatic carbocycles. The van der Waals surface area contributed by atoms with Crippen molar-refractivity contribution >= 4 is 17.6 Å². The van der Waals surface area contributed by atoms with Crippen molar-refractivity contribution in [3.63, 3.8) is 0 Å². The molecule has 2 saturated heterocycles. The molecule has 24 heavy (non-hydrogen) atoms. The van der Waals surface area contributed by atoms with Crippen LogP contribution < -0.4 is 4.90 Å². The van der Waals surface area contributed by atoms with E-state index in [0.29, 0.717) is 18.8 Å². The van der Waals surface area contributed by atoms with Gasteiger partial charge in [0.25, 0.3) is 0 Å². The van der Waals surface area contributed by atoms with E-state index in [4.69, 9.17) is 9.47 Å². The summed E-state index contributed by atoms with van der Waals surface area (Å²) in [4.78, 5) is 28.3. The molecule has 0 radical (unpaired) electrons. The number of amides is 1. The van der Waals surface area contributed by atoms with Gasteiger partial charge in [0.05, 0.1) is 12.7 Å². The molecule has 6 nitrogen and oxygen atoms in total. The number of hydrogen-bond donors (Lipinski definition) is 0. The van der Waals surface area contributed by atoms with E-state index >= 15 is 0 Å². The zero-order chi connectivity index (χ0) is 16.9. The molecular formula is C18H24N2O4. The minimum absolute atomic E-state index is 0.129. The Kier molecular flexibility index (Phi) is 5.35. The second-order valence-corrected chi connectivity index (χ2v) is 6.24. The lowest BCUT2D eigenvalue weighted by molar-refractivity contribution is -0.138. The summed E-state index contributed by atoms with van der Waals surface area (Å²) in [6, 6.07) is 7.42. The molecule has 130 valence electrons. The zero-order valence-electron chi connectivity index (χ0n) is 14.1. The van der Waals surface area contributed by atoms with Crippen molar-refractivity contribution < 1.29 is 19.1 Å². The van der Waals surface area contributed by atoms with Crippen molar-refractivity contribution in [3.8, 4) is 0 Å². The Hall–Kier alpha value is -2.08. The molecule has 0 atom stereocenters. The lowest BCUT2D eigenvalue weighted by Crippen LogP contribution is -2.51. The standard InChI is InChI=1S/C18H24N2O4/c1-23-18(22)15-2-4-16(5-3-15)19-8-10-20(11-9-19)17(21)14-6-12-24-13-7-14/h2-5,14H,6-13H2,1H3. The van der Waals surface area contributed by atoms with Crippen LogP contribution in [0.3, 0.4) is 0 Å². The lowest BCUT2D eigenvalue weighted by Gasteiger charge is -2.38. The molecule has 2 heterocycles. The molecule has 2 fully saturated rings. The number of piperazine rings is 1. The quantitative estimate of drug-likeness (QED) is 0.786. The van der Waals surface area contributed by atoms with Crippen molar-refractivity contribution in [2.45, 2.75) is 12.8 Å². The van der Waals surface area contributed by atoms with Crippen LogP contribution >= 0.6 is 0 Å². The number of carbonyl (C=O) groups excluding carboxylic acids is 2. The Bertz CT molecular complexity index is 573. The Labute approximate surface area is 142 Å². The Morgan fingerprint density at radius 3 is 2.25 bits per heavy atom. The highest BCUT2D eigenvalue weighted by molar-refractivity contribution is 5.89. The van der Waals surface area contributed by atoms with Gasteiger partial charge in [-0.1, -0.05) is 0 Å². The van der Waals surface area contributed by atoms with Crippen molar-refractivity contribution in [1.82, 2.24) is 4.90 Å². The molecule has 0 saturated carbocycles. The molecule has 1 amide bonds.